The van der Waals surface area contributed by atoms with Crippen molar-refractivity contribution in [3.63, 3.8) is 0 Å². The Morgan fingerprint density at radius 3 is 2.79 bits per heavy atom. The molecule has 2 rings (SSSR count). The summed E-state index contributed by atoms with van der Waals surface area (Å²) in [6.07, 6.45) is 3.69. The second-order valence-corrected chi connectivity index (χ2v) is 5.59. The van der Waals surface area contributed by atoms with Crippen LogP contribution in [-0.2, 0) is 11.2 Å². The number of ether oxygens (including phenoxy) is 1. The van der Waals surface area contributed by atoms with Crippen LogP contribution in [0, 0.1) is 0 Å². The number of rotatable bonds is 8. The Morgan fingerprint density at radius 2 is 2.17 bits per heavy atom. The number of aliphatic hydroxyl groups excluding tert-OH is 1. The van der Waals surface area contributed by atoms with Gasteiger partial charge in [-0.1, -0.05) is 12.1 Å². The summed E-state index contributed by atoms with van der Waals surface area (Å²) in [4.78, 5) is 13.4. The quantitative estimate of drug-likeness (QED) is 0.758. The lowest BCUT2D eigenvalue weighted by atomic mass is 10.1. The van der Waals surface area contributed by atoms with Gasteiger partial charge >= 0.3 is 6.03 Å². The van der Waals surface area contributed by atoms with E-state index in [2.05, 4.69) is 10.4 Å². The molecular formula is C17H24N4O3. The van der Waals surface area contributed by atoms with Crippen LogP contribution in [0.2, 0.25) is 0 Å². The number of nitrogens with zero attached hydrogens (tertiary/aromatic N) is 3. The topological polar surface area (TPSA) is 79.6 Å². The molecule has 2 amide bonds. The molecule has 1 aromatic carbocycles. The van der Waals surface area contributed by atoms with E-state index in [0.29, 0.717) is 6.54 Å². The minimum Gasteiger partial charge on any atom is -0.389 e. The van der Waals surface area contributed by atoms with E-state index in [1.807, 2.05) is 36.5 Å². The Balaban J connectivity index is 1.74. The fourth-order valence-corrected chi connectivity index (χ4v) is 2.33. The molecule has 0 aliphatic carbocycles. The summed E-state index contributed by atoms with van der Waals surface area (Å²) in [7, 11) is 3.16. The highest BCUT2D eigenvalue weighted by atomic mass is 16.5. The largest absolute Gasteiger partial charge is 0.389 e. The molecule has 7 heteroatoms. The van der Waals surface area contributed by atoms with Gasteiger partial charge < -0.3 is 20.1 Å². The Labute approximate surface area is 141 Å². The molecule has 2 aromatic rings. The summed E-state index contributed by atoms with van der Waals surface area (Å²) < 4.78 is 6.64. The van der Waals surface area contributed by atoms with Crippen LogP contribution in [0.1, 0.15) is 5.56 Å². The molecule has 2 N–H and O–H groups in total. The predicted octanol–water partition coefficient (Wildman–Crippen LogP) is 1.06. The summed E-state index contributed by atoms with van der Waals surface area (Å²) in [5.74, 6) is 0. The highest BCUT2D eigenvalue weighted by Gasteiger charge is 2.12. The van der Waals surface area contributed by atoms with Crippen molar-refractivity contribution in [1.82, 2.24) is 20.0 Å². The summed E-state index contributed by atoms with van der Waals surface area (Å²) in [6.45, 7) is 0.975. The molecular weight excluding hydrogens is 308 g/mol. The minimum atomic E-state index is -0.680. The van der Waals surface area contributed by atoms with Crippen molar-refractivity contribution < 1.29 is 14.6 Å². The number of carbonyl (C=O) groups excluding carboxylic acids is 1. The number of likely N-dealkylation sites (N-methyl/N-ethyl adjacent to an activating group) is 1. The van der Waals surface area contributed by atoms with Crippen LogP contribution >= 0.6 is 0 Å². The van der Waals surface area contributed by atoms with Crippen LogP contribution in [-0.4, -0.2) is 65.8 Å². The third-order valence-electron chi connectivity index (χ3n) is 3.59. The highest BCUT2D eigenvalue weighted by Crippen LogP contribution is 2.08. The van der Waals surface area contributed by atoms with E-state index in [-0.39, 0.29) is 19.2 Å². The number of amides is 2. The zero-order valence-electron chi connectivity index (χ0n) is 14.1. The van der Waals surface area contributed by atoms with E-state index in [0.717, 1.165) is 17.7 Å². The third kappa shape index (κ3) is 5.36. The van der Waals surface area contributed by atoms with Gasteiger partial charge in [0.1, 0.15) is 0 Å². The second-order valence-electron chi connectivity index (χ2n) is 5.59. The van der Waals surface area contributed by atoms with Crippen molar-refractivity contribution in [1.29, 1.82) is 0 Å². The maximum atomic E-state index is 11.9. The average Bonchev–Trinajstić information content (AvgIpc) is 3.10. The van der Waals surface area contributed by atoms with Crippen molar-refractivity contribution in [2.75, 3.05) is 33.9 Å². The Kier molecular flexibility index (Phi) is 6.77. The number of aromatic nitrogens is 2. The Hall–Kier alpha value is -2.38. The van der Waals surface area contributed by atoms with Crippen LogP contribution in [0.4, 0.5) is 4.79 Å². The maximum Gasteiger partial charge on any atom is 0.317 e. The van der Waals surface area contributed by atoms with Crippen LogP contribution < -0.4 is 5.32 Å². The first-order valence-electron chi connectivity index (χ1n) is 7.85. The van der Waals surface area contributed by atoms with Crippen LogP contribution in [0.5, 0.6) is 0 Å². The van der Waals surface area contributed by atoms with Gasteiger partial charge in [0.05, 0.1) is 24.9 Å². The minimum absolute atomic E-state index is 0.209. The first-order chi connectivity index (χ1) is 11.6. The van der Waals surface area contributed by atoms with Gasteiger partial charge in [-0.25, -0.2) is 9.48 Å². The molecule has 0 aliphatic rings. The van der Waals surface area contributed by atoms with Crippen LogP contribution in [0.25, 0.3) is 5.69 Å². The van der Waals surface area contributed by atoms with Crippen LogP contribution in [0.3, 0.4) is 0 Å². The van der Waals surface area contributed by atoms with Gasteiger partial charge in [0.15, 0.2) is 0 Å². The molecule has 0 fully saturated rings. The molecule has 0 spiro atoms. The number of hydrogen-bond acceptors (Lipinski definition) is 4. The maximum absolute atomic E-state index is 11.9. The van der Waals surface area contributed by atoms with E-state index in [1.165, 1.54) is 12.0 Å². The van der Waals surface area contributed by atoms with E-state index < -0.39 is 6.10 Å². The number of urea groups is 1. The molecule has 0 bridgehead atoms. The first kappa shape index (κ1) is 18.0. The molecule has 0 saturated carbocycles. The van der Waals surface area contributed by atoms with Crippen LogP contribution in [0.15, 0.2) is 42.7 Å². The molecule has 0 saturated heterocycles. The fourth-order valence-electron chi connectivity index (χ4n) is 2.33. The van der Waals surface area contributed by atoms with Crippen molar-refractivity contribution in [2.45, 2.75) is 12.5 Å². The number of aliphatic hydroxyl groups is 1. The lowest BCUT2D eigenvalue weighted by Gasteiger charge is -2.20. The van der Waals surface area contributed by atoms with Gasteiger partial charge in [-0.2, -0.15) is 5.10 Å². The van der Waals surface area contributed by atoms with Crippen molar-refractivity contribution in [2.24, 2.45) is 0 Å². The summed E-state index contributed by atoms with van der Waals surface area (Å²) in [6, 6.07) is 9.71. The van der Waals surface area contributed by atoms with Gasteiger partial charge in [0, 0.05) is 33.1 Å². The Bertz CT molecular complexity index is 613. The van der Waals surface area contributed by atoms with Gasteiger partial charge in [-0.05, 0) is 30.2 Å². The molecule has 0 radical (unpaired) electrons. The molecule has 7 nitrogen and oxygen atoms in total. The van der Waals surface area contributed by atoms with Gasteiger partial charge in [-0.3, -0.25) is 0 Å². The summed E-state index contributed by atoms with van der Waals surface area (Å²) >= 11 is 0. The molecule has 1 unspecified atom stereocenters. The van der Waals surface area contributed by atoms with Crippen molar-refractivity contribution in [3.8, 4) is 5.69 Å². The van der Waals surface area contributed by atoms with E-state index in [9.17, 15) is 9.90 Å². The molecule has 1 aromatic heterocycles. The lowest BCUT2D eigenvalue weighted by Crippen LogP contribution is -2.42. The molecule has 1 atom stereocenters. The normalized spacial score (nSPS) is 12.0. The molecule has 1 heterocycles. The summed E-state index contributed by atoms with van der Waals surface area (Å²) in [5, 5.41) is 16.6. The number of carbonyl (C=O) groups is 1. The molecule has 130 valence electrons. The third-order valence-corrected chi connectivity index (χ3v) is 3.59. The van der Waals surface area contributed by atoms with Crippen molar-refractivity contribution >= 4 is 6.03 Å². The zero-order valence-corrected chi connectivity index (χ0v) is 14.1. The average molecular weight is 332 g/mol. The molecule has 0 aliphatic heterocycles. The number of nitrogens with one attached hydrogen (secondary N) is 1. The SMILES string of the molecule is COCC(O)CN(C)C(=O)NCCc1ccc(-n2cccn2)cc1. The monoisotopic (exact) mass is 332 g/mol. The first-order valence-corrected chi connectivity index (χ1v) is 7.85. The van der Waals surface area contributed by atoms with E-state index in [4.69, 9.17) is 4.74 Å². The number of methoxy groups -OCH3 is 1. The van der Waals surface area contributed by atoms with Crippen molar-refractivity contribution in [3.05, 3.63) is 48.3 Å². The molecule has 24 heavy (non-hydrogen) atoms. The number of hydrogen-bond donors (Lipinski definition) is 2. The van der Waals surface area contributed by atoms with Gasteiger partial charge in [-0.15, -0.1) is 0 Å². The standard InChI is InChI=1S/C17H24N4O3/c1-20(12-16(22)13-24-2)17(23)18-10-8-14-4-6-15(7-5-14)21-11-3-9-19-21/h3-7,9,11,16,22H,8,10,12-13H2,1-2H3,(H,18,23). The number of benzene rings is 1. The van der Waals surface area contributed by atoms with Gasteiger partial charge in [0.2, 0.25) is 0 Å². The van der Waals surface area contributed by atoms with Gasteiger partial charge in [0.25, 0.3) is 0 Å². The predicted molar refractivity (Wildman–Crippen MR) is 91.2 cm³/mol. The summed E-state index contributed by atoms with van der Waals surface area (Å²) in [5.41, 5.74) is 2.13. The van der Waals surface area contributed by atoms with E-state index >= 15 is 0 Å². The zero-order chi connectivity index (χ0) is 17.4. The smallest absolute Gasteiger partial charge is 0.317 e. The second kappa shape index (κ2) is 9.05. The van der Waals surface area contributed by atoms with E-state index in [1.54, 1.807) is 17.9 Å². The lowest BCUT2D eigenvalue weighted by molar-refractivity contribution is 0.0490. The fraction of sp³-hybridized carbons (Fsp3) is 0.412. The highest BCUT2D eigenvalue weighted by molar-refractivity contribution is 5.73. The Morgan fingerprint density at radius 1 is 1.42 bits per heavy atom.